The molecule has 0 saturated heterocycles. The van der Waals surface area contributed by atoms with Crippen molar-refractivity contribution in [1.29, 1.82) is 0 Å². The van der Waals surface area contributed by atoms with Gasteiger partial charge in [-0.1, -0.05) is 11.6 Å². The summed E-state index contributed by atoms with van der Waals surface area (Å²) >= 11 is 7.69. The van der Waals surface area contributed by atoms with Crippen LogP contribution in [0.1, 0.15) is 22.5 Å². The van der Waals surface area contributed by atoms with Crippen LogP contribution < -0.4 is 5.32 Å². The second kappa shape index (κ2) is 5.56. The first-order valence-corrected chi connectivity index (χ1v) is 7.69. The fourth-order valence-corrected chi connectivity index (χ4v) is 3.22. The van der Waals surface area contributed by atoms with Crippen LogP contribution in [-0.2, 0) is 6.42 Å². The zero-order valence-corrected chi connectivity index (χ0v) is 12.9. The van der Waals surface area contributed by atoms with Gasteiger partial charge in [0, 0.05) is 27.9 Å². The number of fused-ring (bicyclic) bond motifs is 1. The summed E-state index contributed by atoms with van der Waals surface area (Å²) in [5.74, 6) is 0.914. The van der Waals surface area contributed by atoms with Gasteiger partial charge in [0.2, 0.25) is 0 Å². The predicted octanol–water partition coefficient (Wildman–Crippen LogP) is 4.35. The van der Waals surface area contributed by atoms with Gasteiger partial charge >= 0.3 is 0 Å². The average Bonchev–Trinajstić information content (AvgIpc) is 3.01. The molecule has 1 atom stereocenters. The van der Waals surface area contributed by atoms with Gasteiger partial charge in [-0.3, -0.25) is 0 Å². The molecule has 0 radical (unpaired) electrons. The van der Waals surface area contributed by atoms with E-state index in [4.69, 9.17) is 16.0 Å². The highest BCUT2D eigenvalue weighted by Crippen LogP contribution is 2.28. The van der Waals surface area contributed by atoms with E-state index >= 15 is 0 Å². The number of furan rings is 1. The molecule has 1 aromatic carbocycles. The third-order valence-corrected chi connectivity index (χ3v) is 4.46. The topological polar surface area (TPSA) is 38.1 Å². The van der Waals surface area contributed by atoms with Gasteiger partial charge in [0.25, 0.3) is 0 Å². The van der Waals surface area contributed by atoms with E-state index in [-0.39, 0.29) is 6.04 Å². The summed E-state index contributed by atoms with van der Waals surface area (Å²) in [5.41, 5.74) is 1.93. The van der Waals surface area contributed by atoms with Crippen molar-refractivity contribution in [2.24, 2.45) is 0 Å². The lowest BCUT2D eigenvalue weighted by Gasteiger charge is -2.11. The van der Waals surface area contributed by atoms with E-state index < -0.39 is 0 Å². The summed E-state index contributed by atoms with van der Waals surface area (Å²) in [7, 11) is 1.94. The molecule has 0 spiro atoms. The summed E-state index contributed by atoms with van der Waals surface area (Å²) in [4.78, 5) is 4.51. The van der Waals surface area contributed by atoms with Crippen molar-refractivity contribution in [3.8, 4) is 0 Å². The zero-order chi connectivity index (χ0) is 14.1. The van der Waals surface area contributed by atoms with Crippen LogP contribution in [0.25, 0.3) is 11.0 Å². The monoisotopic (exact) mass is 306 g/mol. The Kier molecular flexibility index (Phi) is 3.78. The fraction of sp³-hybridized carbons (Fsp3) is 0.267. The molecule has 3 aromatic rings. The highest BCUT2D eigenvalue weighted by atomic mass is 35.5. The number of thiazole rings is 1. The molecule has 0 aliphatic rings. The van der Waals surface area contributed by atoms with Gasteiger partial charge in [0.05, 0.1) is 11.0 Å². The van der Waals surface area contributed by atoms with Crippen LogP contribution in [0.5, 0.6) is 0 Å². The summed E-state index contributed by atoms with van der Waals surface area (Å²) in [6.07, 6.45) is 0.822. The molecule has 2 heterocycles. The number of likely N-dealkylation sites (N-methyl/N-ethyl adjacent to an activating group) is 1. The molecule has 1 unspecified atom stereocenters. The molecule has 0 aliphatic heterocycles. The van der Waals surface area contributed by atoms with Gasteiger partial charge in [-0.25, -0.2) is 4.98 Å². The van der Waals surface area contributed by atoms with Gasteiger partial charge in [-0.2, -0.15) is 0 Å². The van der Waals surface area contributed by atoms with Gasteiger partial charge in [0.15, 0.2) is 0 Å². The maximum absolute atomic E-state index is 6.01. The minimum absolute atomic E-state index is 0.117. The summed E-state index contributed by atoms with van der Waals surface area (Å²) < 4.78 is 5.91. The van der Waals surface area contributed by atoms with Crippen LogP contribution in [0.2, 0.25) is 5.02 Å². The van der Waals surface area contributed by atoms with Crippen molar-refractivity contribution in [2.75, 3.05) is 7.05 Å². The van der Waals surface area contributed by atoms with Crippen molar-refractivity contribution >= 4 is 33.9 Å². The van der Waals surface area contributed by atoms with E-state index in [1.165, 1.54) is 0 Å². The maximum atomic E-state index is 6.01. The number of nitrogens with zero attached hydrogens (tertiary/aromatic N) is 1. The summed E-state index contributed by atoms with van der Waals surface area (Å²) in [6, 6.07) is 7.83. The SMILES string of the molecule is CNC(Cc1nc(C)cs1)c1cc2cc(Cl)ccc2o1. The Morgan fingerprint density at radius 3 is 2.95 bits per heavy atom. The van der Waals surface area contributed by atoms with Crippen molar-refractivity contribution in [2.45, 2.75) is 19.4 Å². The number of aromatic nitrogens is 1. The first-order chi connectivity index (χ1) is 9.65. The molecule has 0 saturated carbocycles. The van der Waals surface area contributed by atoms with E-state index in [1.807, 2.05) is 38.2 Å². The van der Waals surface area contributed by atoms with Crippen molar-refractivity contribution < 1.29 is 4.42 Å². The first kappa shape index (κ1) is 13.6. The van der Waals surface area contributed by atoms with Crippen LogP contribution >= 0.6 is 22.9 Å². The lowest BCUT2D eigenvalue weighted by atomic mass is 10.1. The van der Waals surface area contributed by atoms with Crippen LogP contribution in [-0.4, -0.2) is 12.0 Å². The Morgan fingerprint density at radius 1 is 1.40 bits per heavy atom. The third kappa shape index (κ3) is 2.73. The molecule has 3 rings (SSSR count). The number of hydrogen-bond acceptors (Lipinski definition) is 4. The third-order valence-electron chi connectivity index (χ3n) is 3.23. The van der Waals surface area contributed by atoms with Gasteiger partial charge in [0.1, 0.15) is 11.3 Å². The number of nitrogens with one attached hydrogen (secondary N) is 1. The molecule has 1 N–H and O–H groups in total. The van der Waals surface area contributed by atoms with Gasteiger partial charge < -0.3 is 9.73 Å². The summed E-state index contributed by atoms with van der Waals surface area (Å²) in [6.45, 7) is 2.01. The average molecular weight is 307 g/mol. The molecular formula is C15H15ClN2OS. The lowest BCUT2D eigenvalue weighted by Crippen LogP contribution is -2.18. The number of halogens is 1. The molecule has 0 bridgehead atoms. The minimum atomic E-state index is 0.117. The highest BCUT2D eigenvalue weighted by Gasteiger charge is 2.17. The first-order valence-electron chi connectivity index (χ1n) is 6.43. The highest BCUT2D eigenvalue weighted by molar-refractivity contribution is 7.09. The predicted molar refractivity (Wildman–Crippen MR) is 83.6 cm³/mol. The zero-order valence-electron chi connectivity index (χ0n) is 11.3. The second-order valence-electron chi connectivity index (χ2n) is 4.76. The van der Waals surface area contributed by atoms with E-state index in [2.05, 4.69) is 15.7 Å². The Bertz CT molecular complexity index is 734. The molecule has 3 nitrogen and oxygen atoms in total. The standard InChI is InChI=1S/C15H15ClN2OS/c1-9-8-20-15(18-9)7-12(17-2)14-6-10-5-11(16)3-4-13(10)19-14/h3-6,8,12,17H,7H2,1-2H3. The fourth-order valence-electron chi connectivity index (χ4n) is 2.22. The molecule has 5 heteroatoms. The van der Waals surface area contributed by atoms with Crippen LogP contribution in [0, 0.1) is 6.92 Å². The molecular weight excluding hydrogens is 292 g/mol. The molecule has 0 amide bonds. The molecule has 104 valence electrons. The number of aryl methyl sites for hydroxylation is 1. The Labute approximate surface area is 126 Å². The quantitative estimate of drug-likeness (QED) is 0.778. The minimum Gasteiger partial charge on any atom is -0.459 e. The number of rotatable bonds is 4. The van der Waals surface area contributed by atoms with E-state index in [0.29, 0.717) is 0 Å². The van der Waals surface area contributed by atoms with Gasteiger partial charge in [-0.05, 0) is 38.2 Å². The van der Waals surface area contributed by atoms with E-state index in [9.17, 15) is 0 Å². The maximum Gasteiger partial charge on any atom is 0.134 e. The molecule has 0 fully saturated rings. The molecule has 2 aromatic heterocycles. The number of benzene rings is 1. The lowest BCUT2D eigenvalue weighted by molar-refractivity contribution is 0.450. The van der Waals surface area contributed by atoms with Crippen molar-refractivity contribution in [3.63, 3.8) is 0 Å². The van der Waals surface area contributed by atoms with Gasteiger partial charge in [-0.15, -0.1) is 11.3 Å². The van der Waals surface area contributed by atoms with Crippen LogP contribution in [0.15, 0.2) is 34.1 Å². The Morgan fingerprint density at radius 2 is 2.25 bits per heavy atom. The summed E-state index contributed by atoms with van der Waals surface area (Å²) in [5, 5.41) is 8.23. The van der Waals surface area contributed by atoms with Crippen LogP contribution in [0.3, 0.4) is 0 Å². The van der Waals surface area contributed by atoms with Crippen LogP contribution in [0.4, 0.5) is 0 Å². The van der Waals surface area contributed by atoms with Crippen molar-refractivity contribution in [1.82, 2.24) is 10.3 Å². The number of hydrogen-bond donors (Lipinski definition) is 1. The largest absolute Gasteiger partial charge is 0.459 e. The Hall–Kier alpha value is -1.36. The molecule has 0 aliphatic carbocycles. The Balaban J connectivity index is 1.90. The van der Waals surface area contributed by atoms with Crippen molar-refractivity contribution in [3.05, 3.63) is 51.1 Å². The molecule has 20 heavy (non-hydrogen) atoms. The second-order valence-corrected chi connectivity index (χ2v) is 6.14. The smallest absolute Gasteiger partial charge is 0.134 e. The van der Waals surface area contributed by atoms with E-state index in [1.54, 1.807) is 11.3 Å². The normalized spacial score (nSPS) is 12.9. The van der Waals surface area contributed by atoms with E-state index in [0.717, 1.165) is 38.9 Å².